The smallest absolute Gasteiger partial charge is 0.312 e. The Balaban J connectivity index is 2.28. The Bertz CT molecular complexity index is 356. The fourth-order valence-corrected chi connectivity index (χ4v) is 3.36. The van der Waals surface area contributed by atoms with Crippen LogP contribution in [0.1, 0.15) is 25.7 Å². The van der Waals surface area contributed by atoms with Gasteiger partial charge in [0.25, 0.3) is 0 Å². The number of carbonyl (C=O) groups is 1. The average Bonchev–Trinajstić information content (AvgIpc) is 2.23. The predicted octanol–water partition coefficient (Wildman–Crippen LogP) is -0.400. The predicted molar refractivity (Wildman–Crippen MR) is 66.5 cm³/mol. The highest BCUT2D eigenvalue weighted by Crippen LogP contribution is 2.23. The molecule has 1 fully saturated rings. The second-order valence-corrected chi connectivity index (χ2v) is 6.89. The fourth-order valence-electron chi connectivity index (χ4n) is 2.18. The second kappa shape index (κ2) is 6.20. The molecule has 0 bridgehead atoms. The highest BCUT2D eigenvalue weighted by Gasteiger charge is 2.28. The van der Waals surface area contributed by atoms with Gasteiger partial charge in [-0.05, 0) is 19.3 Å². The number of nitrogens with one attached hydrogen (secondary N) is 2. The van der Waals surface area contributed by atoms with Crippen molar-refractivity contribution in [3.63, 3.8) is 0 Å². The quantitative estimate of drug-likeness (QED) is 0.587. The maximum Gasteiger partial charge on any atom is 0.312 e. The van der Waals surface area contributed by atoms with Crippen molar-refractivity contribution >= 4 is 15.9 Å². The van der Waals surface area contributed by atoms with E-state index in [4.69, 9.17) is 5.73 Å². The van der Waals surface area contributed by atoms with Crippen LogP contribution in [0.2, 0.25) is 0 Å². The number of carbonyl (C=O) groups excluding carboxylic acids is 1. The molecule has 17 heavy (non-hydrogen) atoms. The Kier molecular flexibility index (Phi) is 5.20. The molecular formula is C10H21N3O3S. The lowest BCUT2D eigenvalue weighted by Crippen LogP contribution is -2.42. The first kappa shape index (κ1) is 14.2. The minimum atomic E-state index is -2.93. The van der Waals surface area contributed by atoms with E-state index in [1.54, 1.807) is 0 Å². The molecule has 0 saturated heterocycles. The van der Waals surface area contributed by atoms with Crippen LogP contribution in [-0.4, -0.2) is 45.1 Å². The third-order valence-corrected chi connectivity index (χ3v) is 4.73. The van der Waals surface area contributed by atoms with Gasteiger partial charge in [-0.3, -0.25) is 0 Å². The molecule has 1 saturated carbocycles. The molecule has 100 valence electrons. The van der Waals surface area contributed by atoms with E-state index < -0.39 is 15.9 Å². The van der Waals surface area contributed by atoms with Crippen LogP contribution >= 0.6 is 0 Å². The number of nitrogens with two attached hydrogens (primary N) is 1. The van der Waals surface area contributed by atoms with Crippen LogP contribution < -0.4 is 16.4 Å². The minimum Gasteiger partial charge on any atom is -0.352 e. The van der Waals surface area contributed by atoms with Crippen molar-refractivity contribution in [2.45, 2.75) is 37.0 Å². The Morgan fingerprint density at radius 1 is 1.35 bits per heavy atom. The van der Waals surface area contributed by atoms with Crippen molar-refractivity contribution in [2.75, 3.05) is 19.3 Å². The Morgan fingerprint density at radius 2 is 2.06 bits per heavy atom. The molecule has 0 aliphatic heterocycles. The molecule has 0 aromatic carbocycles. The number of rotatable bonds is 5. The van der Waals surface area contributed by atoms with Gasteiger partial charge in [-0.15, -0.1) is 0 Å². The normalized spacial score (nSPS) is 25.5. The van der Waals surface area contributed by atoms with Gasteiger partial charge in [0.15, 0.2) is 0 Å². The zero-order chi connectivity index (χ0) is 12.9. The third kappa shape index (κ3) is 5.36. The van der Waals surface area contributed by atoms with Gasteiger partial charge in [-0.1, -0.05) is 6.42 Å². The molecule has 0 heterocycles. The molecule has 2 amide bonds. The van der Waals surface area contributed by atoms with Crippen molar-refractivity contribution < 1.29 is 13.2 Å². The SMILES string of the molecule is CS(=O)(=O)C1CCCC(NCCNC(N)=O)C1. The zero-order valence-electron chi connectivity index (χ0n) is 10.1. The van der Waals surface area contributed by atoms with E-state index >= 15 is 0 Å². The van der Waals surface area contributed by atoms with Crippen LogP contribution in [0.4, 0.5) is 4.79 Å². The molecule has 7 heteroatoms. The fraction of sp³-hybridized carbons (Fsp3) is 0.900. The number of hydrogen-bond donors (Lipinski definition) is 3. The summed E-state index contributed by atoms with van der Waals surface area (Å²) in [6, 6.07) is -0.317. The van der Waals surface area contributed by atoms with E-state index in [2.05, 4.69) is 10.6 Å². The lowest BCUT2D eigenvalue weighted by molar-refractivity contribution is 0.248. The van der Waals surface area contributed by atoms with E-state index in [0.717, 1.165) is 19.3 Å². The summed E-state index contributed by atoms with van der Waals surface area (Å²) < 4.78 is 22.9. The maximum atomic E-state index is 11.4. The molecule has 2 unspecified atom stereocenters. The first-order valence-electron chi connectivity index (χ1n) is 5.85. The highest BCUT2D eigenvalue weighted by atomic mass is 32.2. The molecule has 1 rings (SSSR count). The minimum absolute atomic E-state index is 0.221. The number of amides is 2. The van der Waals surface area contributed by atoms with Crippen LogP contribution in [0.3, 0.4) is 0 Å². The Labute approximate surface area is 102 Å². The van der Waals surface area contributed by atoms with Crippen molar-refractivity contribution in [3.05, 3.63) is 0 Å². The van der Waals surface area contributed by atoms with Crippen LogP contribution in [0.5, 0.6) is 0 Å². The van der Waals surface area contributed by atoms with E-state index in [1.807, 2.05) is 0 Å². The second-order valence-electron chi connectivity index (χ2n) is 4.56. The van der Waals surface area contributed by atoms with Crippen LogP contribution in [0, 0.1) is 0 Å². The van der Waals surface area contributed by atoms with Crippen molar-refractivity contribution in [1.82, 2.24) is 10.6 Å². The summed E-state index contributed by atoms with van der Waals surface area (Å²) in [5.41, 5.74) is 4.93. The number of hydrogen-bond acceptors (Lipinski definition) is 4. The summed E-state index contributed by atoms with van der Waals surface area (Å²) in [6.45, 7) is 1.08. The lowest BCUT2D eigenvalue weighted by Gasteiger charge is -2.28. The Morgan fingerprint density at radius 3 is 2.65 bits per heavy atom. The molecule has 6 nitrogen and oxygen atoms in total. The number of primary amides is 1. The van der Waals surface area contributed by atoms with Gasteiger partial charge in [0, 0.05) is 25.4 Å². The largest absolute Gasteiger partial charge is 0.352 e. The topological polar surface area (TPSA) is 101 Å². The molecule has 0 aromatic heterocycles. The molecule has 1 aliphatic rings. The van der Waals surface area contributed by atoms with Crippen molar-refractivity contribution in [3.8, 4) is 0 Å². The average molecular weight is 263 g/mol. The van der Waals surface area contributed by atoms with Gasteiger partial charge in [0.2, 0.25) is 0 Å². The molecule has 0 spiro atoms. The monoisotopic (exact) mass is 263 g/mol. The summed E-state index contributed by atoms with van der Waals surface area (Å²) >= 11 is 0. The molecule has 1 aliphatic carbocycles. The molecule has 4 N–H and O–H groups in total. The lowest BCUT2D eigenvalue weighted by atomic mass is 9.95. The highest BCUT2D eigenvalue weighted by molar-refractivity contribution is 7.91. The standard InChI is InChI=1S/C10H21N3O3S/c1-17(15,16)9-4-2-3-8(7-9)12-5-6-13-10(11)14/h8-9,12H,2-7H2,1H3,(H3,11,13,14). The summed E-state index contributed by atoms with van der Waals surface area (Å²) in [4.78, 5) is 10.4. The summed E-state index contributed by atoms with van der Waals surface area (Å²) in [5, 5.41) is 5.50. The summed E-state index contributed by atoms with van der Waals surface area (Å²) in [5.74, 6) is 0. The van der Waals surface area contributed by atoms with E-state index in [0.29, 0.717) is 19.5 Å². The van der Waals surface area contributed by atoms with Gasteiger partial charge in [0.1, 0.15) is 9.84 Å². The summed E-state index contributed by atoms with van der Waals surface area (Å²) in [6.07, 6.45) is 4.64. The molecular weight excluding hydrogens is 242 g/mol. The van der Waals surface area contributed by atoms with E-state index in [9.17, 15) is 13.2 Å². The first-order chi connectivity index (χ1) is 7.89. The van der Waals surface area contributed by atoms with Crippen molar-refractivity contribution in [1.29, 1.82) is 0 Å². The third-order valence-electron chi connectivity index (χ3n) is 3.09. The molecule has 2 atom stereocenters. The Hall–Kier alpha value is -0.820. The number of urea groups is 1. The van der Waals surface area contributed by atoms with Gasteiger partial charge in [-0.2, -0.15) is 0 Å². The van der Waals surface area contributed by atoms with Gasteiger partial charge < -0.3 is 16.4 Å². The van der Waals surface area contributed by atoms with E-state index in [-0.39, 0.29) is 11.3 Å². The van der Waals surface area contributed by atoms with Crippen molar-refractivity contribution in [2.24, 2.45) is 5.73 Å². The maximum absolute atomic E-state index is 11.4. The van der Waals surface area contributed by atoms with Gasteiger partial charge in [0.05, 0.1) is 5.25 Å². The first-order valence-corrected chi connectivity index (χ1v) is 7.80. The van der Waals surface area contributed by atoms with Crippen LogP contribution in [0.15, 0.2) is 0 Å². The van der Waals surface area contributed by atoms with Gasteiger partial charge >= 0.3 is 6.03 Å². The van der Waals surface area contributed by atoms with Gasteiger partial charge in [-0.25, -0.2) is 13.2 Å². The zero-order valence-corrected chi connectivity index (χ0v) is 10.9. The van der Waals surface area contributed by atoms with E-state index in [1.165, 1.54) is 6.26 Å². The molecule has 0 aromatic rings. The van der Waals surface area contributed by atoms with Crippen LogP contribution in [-0.2, 0) is 9.84 Å². The van der Waals surface area contributed by atoms with Crippen LogP contribution in [0.25, 0.3) is 0 Å². The summed E-state index contributed by atoms with van der Waals surface area (Å²) in [7, 11) is -2.93. The molecule has 0 radical (unpaired) electrons. The number of sulfone groups is 1.